The molecule has 0 radical (unpaired) electrons. The molecule has 4 atom stereocenters. The summed E-state index contributed by atoms with van der Waals surface area (Å²) in [6.07, 6.45) is 12.4. The fourth-order valence-electron chi connectivity index (χ4n) is 6.39. The Hall–Kier alpha value is -1.22. The monoisotopic (exact) mass is 320 g/mol. The minimum atomic E-state index is 0.660. The van der Waals surface area contributed by atoms with E-state index in [1.807, 2.05) is 6.92 Å². The van der Waals surface area contributed by atoms with Gasteiger partial charge in [0, 0.05) is 5.56 Å². The molecule has 1 aromatic carbocycles. The van der Waals surface area contributed by atoms with E-state index in [1.54, 1.807) is 11.1 Å². The topological polar surface area (TPSA) is 0 Å². The Bertz CT molecular complexity index is 686. The van der Waals surface area contributed by atoms with Crippen molar-refractivity contribution in [2.75, 3.05) is 0 Å². The average molecular weight is 321 g/mol. The first-order valence-corrected chi connectivity index (χ1v) is 10.2. The van der Waals surface area contributed by atoms with Gasteiger partial charge in [-0.15, -0.1) is 5.92 Å². The number of hydrogen-bond acceptors (Lipinski definition) is 0. The van der Waals surface area contributed by atoms with E-state index >= 15 is 0 Å². The number of benzene rings is 1. The van der Waals surface area contributed by atoms with Gasteiger partial charge in [0.25, 0.3) is 0 Å². The van der Waals surface area contributed by atoms with Crippen LogP contribution in [0.25, 0.3) is 0 Å². The molecule has 0 amide bonds. The van der Waals surface area contributed by atoms with Gasteiger partial charge in [0.2, 0.25) is 0 Å². The molecule has 0 aromatic heterocycles. The van der Waals surface area contributed by atoms with Crippen molar-refractivity contribution in [2.24, 2.45) is 17.3 Å². The highest BCUT2D eigenvalue weighted by atomic mass is 14.5. The molecule has 24 heavy (non-hydrogen) atoms. The molecular formula is C24H32. The molecule has 0 saturated heterocycles. The molecule has 1 aromatic rings. The van der Waals surface area contributed by atoms with Crippen molar-refractivity contribution < 1.29 is 0 Å². The summed E-state index contributed by atoms with van der Waals surface area (Å²) < 4.78 is 0. The molecule has 4 rings (SSSR count). The molecule has 0 bridgehead atoms. The summed E-state index contributed by atoms with van der Waals surface area (Å²) >= 11 is 0. The molecule has 0 N–H and O–H groups in total. The van der Waals surface area contributed by atoms with Crippen LogP contribution in [0.5, 0.6) is 0 Å². The number of rotatable bonds is 2. The van der Waals surface area contributed by atoms with E-state index in [9.17, 15) is 0 Å². The number of fused-ring (bicyclic) bond motifs is 5. The second kappa shape index (κ2) is 6.25. The molecule has 4 unspecified atom stereocenters. The molecule has 0 aliphatic heterocycles. The summed E-state index contributed by atoms with van der Waals surface area (Å²) in [6, 6.07) is 5.03. The van der Waals surface area contributed by atoms with E-state index < -0.39 is 0 Å². The quantitative estimate of drug-likeness (QED) is 0.564. The molecule has 3 aliphatic rings. The van der Waals surface area contributed by atoms with Crippen molar-refractivity contribution in [3.8, 4) is 11.8 Å². The molecule has 2 fully saturated rings. The van der Waals surface area contributed by atoms with Gasteiger partial charge < -0.3 is 0 Å². The third-order valence-corrected chi connectivity index (χ3v) is 7.51. The van der Waals surface area contributed by atoms with E-state index in [2.05, 4.69) is 37.8 Å². The second-order valence-corrected chi connectivity index (χ2v) is 8.83. The SMILES string of the molecule is CC#Cc1cc2c(cc1CCC)CCC1C2CCC2(C)CCCC12. The van der Waals surface area contributed by atoms with Crippen molar-refractivity contribution >= 4 is 0 Å². The standard InChI is InChI=1S/C24H32/c1-4-7-17-15-19-10-11-21-20(22(19)16-18(17)8-5-2)12-14-24(3)13-6-9-23(21)24/h15-16,20-21,23H,4,6-7,9-14H2,1-3H3. The lowest BCUT2D eigenvalue weighted by atomic mass is 9.55. The lowest BCUT2D eigenvalue weighted by Gasteiger charge is -2.49. The lowest BCUT2D eigenvalue weighted by molar-refractivity contribution is 0.0598. The zero-order chi connectivity index (χ0) is 16.7. The van der Waals surface area contributed by atoms with Crippen LogP contribution < -0.4 is 0 Å². The summed E-state index contributed by atoms with van der Waals surface area (Å²) in [5.41, 5.74) is 6.80. The smallest absolute Gasteiger partial charge is 0.0280 e. The normalized spacial score (nSPS) is 33.9. The molecule has 128 valence electrons. The third-order valence-electron chi connectivity index (χ3n) is 7.51. The summed E-state index contributed by atoms with van der Waals surface area (Å²) in [6.45, 7) is 6.85. The Kier molecular flexibility index (Phi) is 4.24. The van der Waals surface area contributed by atoms with Crippen LogP contribution in [0.1, 0.15) is 93.9 Å². The minimum absolute atomic E-state index is 0.660. The fraction of sp³-hybridized carbons (Fsp3) is 0.667. The summed E-state index contributed by atoms with van der Waals surface area (Å²) in [7, 11) is 0. The van der Waals surface area contributed by atoms with Crippen molar-refractivity contribution in [3.05, 3.63) is 34.4 Å². The van der Waals surface area contributed by atoms with Gasteiger partial charge in [-0.25, -0.2) is 0 Å². The van der Waals surface area contributed by atoms with Gasteiger partial charge in [0.1, 0.15) is 0 Å². The lowest BCUT2D eigenvalue weighted by Crippen LogP contribution is -2.39. The van der Waals surface area contributed by atoms with E-state index in [0.29, 0.717) is 5.41 Å². The molecule has 0 heteroatoms. The maximum absolute atomic E-state index is 3.41. The highest BCUT2D eigenvalue weighted by Gasteiger charge is 2.50. The van der Waals surface area contributed by atoms with Gasteiger partial charge in [-0.1, -0.05) is 38.7 Å². The first-order chi connectivity index (χ1) is 11.7. The highest BCUT2D eigenvalue weighted by Crippen LogP contribution is 2.60. The van der Waals surface area contributed by atoms with Crippen molar-refractivity contribution in [1.29, 1.82) is 0 Å². The van der Waals surface area contributed by atoms with Gasteiger partial charge in [-0.3, -0.25) is 0 Å². The fourth-order valence-corrected chi connectivity index (χ4v) is 6.39. The Balaban J connectivity index is 1.73. The zero-order valence-electron chi connectivity index (χ0n) is 15.8. The van der Waals surface area contributed by atoms with Crippen molar-refractivity contribution in [2.45, 2.75) is 84.5 Å². The average Bonchev–Trinajstić information content (AvgIpc) is 2.97. The van der Waals surface area contributed by atoms with Crippen molar-refractivity contribution in [3.63, 3.8) is 0 Å². The number of aryl methyl sites for hydroxylation is 2. The van der Waals surface area contributed by atoms with E-state index in [0.717, 1.165) is 17.8 Å². The van der Waals surface area contributed by atoms with Crippen LogP contribution >= 0.6 is 0 Å². The number of hydrogen-bond donors (Lipinski definition) is 0. The van der Waals surface area contributed by atoms with E-state index in [4.69, 9.17) is 0 Å². The predicted molar refractivity (Wildman–Crippen MR) is 102 cm³/mol. The first kappa shape index (κ1) is 16.3. The van der Waals surface area contributed by atoms with Crippen LogP contribution in [0.15, 0.2) is 12.1 Å². The van der Waals surface area contributed by atoms with Crippen molar-refractivity contribution in [1.82, 2.24) is 0 Å². The maximum Gasteiger partial charge on any atom is 0.0280 e. The first-order valence-electron chi connectivity index (χ1n) is 10.2. The summed E-state index contributed by atoms with van der Waals surface area (Å²) in [5, 5.41) is 0. The minimum Gasteiger partial charge on any atom is -0.101 e. The molecule has 0 heterocycles. The van der Waals surface area contributed by atoms with Gasteiger partial charge in [-0.05, 0) is 97.8 Å². The maximum atomic E-state index is 3.41. The van der Waals surface area contributed by atoms with Gasteiger partial charge >= 0.3 is 0 Å². The highest BCUT2D eigenvalue weighted by molar-refractivity contribution is 5.49. The summed E-state index contributed by atoms with van der Waals surface area (Å²) in [5.74, 6) is 9.31. The Morgan fingerprint density at radius 3 is 2.83 bits per heavy atom. The van der Waals surface area contributed by atoms with Gasteiger partial charge in [0.05, 0.1) is 0 Å². The molecule has 3 aliphatic carbocycles. The largest absolute Gasteiger partial charge is 0.101 e. The van der Waals surface area contributed by atoms with Crippen LogP contribution in [0.4, 0.5) is 0 Å². The van der Waals surface area contributed by atoms with Gasteiger partial charge in [0.15, 0.2) is 0 Å². The molecular weight excluding hydrogens is 288 g/mol. The third kappa shape index (κ3) is 2.52. The zero-order valence-corrected chi connectivity index (χ0v) is 15.8. The molecule has 0 nitrogen and oxygen atoms in total. The molecule has 2 saturated carbocycles. The van der Waals surface area contributed by atoms with Crippen LogP contribution in [0, 0.1) is 29.1 Å². The van der Waals surface area contributed by atoms with Crippen LogP contribution in [-0.2, 0) is 12.8 Å². The van der Waals surface area contributed by atoms with Crippen LogP contribution in [0.2, 0.25) is 0 Å². The Labute approximate surface area is 148 Å². The van der Waals surface area contributed by atoms with Crippen LogP contribution in [-0.4, -0.2) is 0 Å². The second-order valence-electron chi connectivity index (χ2n) is 8.83. The summed E-state index contributed by atoms with van der Waals surface area (Å²) in [4.78, 5) is 0. The molecule has 0 spiro atoms. The van der Waals surface area contributed by atoms with Gasteiger partial charge in [-0.2, -0.15) is 0 Å². The van der Waals surface area contributed by atoms with Crippen LogP contribution in [0.3, 0.4) is 0 Å². The predicted octanol–water partition coefficient (Wildman–Crippen LogP) is 6.26. The Morgan fingerprint density at radius 1 is 1.17 bits per heavy atom. The Morgan fingerprint density at radius 2 is 2.04 bits per heavy atom. The van der Waals surface area contributed by atoms with E-state index in [-0.39, 0.29) is 0 Å². The van der Waals surface area contributed by atoms with E-state index in [1.165, 1.54) is 68.9 Å².